The molecule has 0 aliphatic rings. The third-order valence-corrected chi connectivity index (χ3v) is 12.7. The van der Waals surface area contributed by atoms with Gasteiger partial charge in [-0.2, -0.15) is 10.2 Å². The molecule has 8 aromatic rings. The number of rotatable bonds is 15. The van der Waals surface area contributed by atoms with Gasteiger partial charge in [0.25, 0.3) is 11.8 Å². The molecule has 0 radical (unpaired) electrons. The van der Waals surface area contributed by atoms with E-state index < -0.39 is 57.4 Å². The van der Waals surface area contributed by atoms with Crippen molar-refractivity contribution in [1.29, 1.82) is 0 Å². The van der Waals surface area contributed by atoms with Gasteiger partial charge in [0.1, 0.15) is 52.2 Å². The van der Waals surface area contributed by atoms with E-state index in [1.54, 1.807) is 52.6 Å². The quantitative estimate of drug-likeness (QED) is 0.0567. The molecule has 2 aromatic carbocycles. The zero-order valence-electron chi connectivity index (χ0n) is 37.4. The number of nitrogens with zero attached hydrogens (tertiary/aromatic N) is 9. The number of nitrogens with one attached hydrogen (secondary N) is 3. The second-order valence-corrected chi connectivity index (χ2v) is 22.8. The Balaban J connectivity index is 0.000000202. The lowest BCUT2D eigenvalue weighted by atomic mass is 10.1. The number of aryl methyl sites for hydroxylation is 2. The molecule has 22 heteroatoms. The van der Waals surface area contributed by atoms with Crippen molar-refractivity contribution in [3.63, 3.8) is 0 Å². The van der Waals surface area contributed by atoms with Gasteiger partial charge < -0.3 is 45.3 Å². The van der Waals surface area contributed by atoms with E-state index in [1.807, 2.05) is 0 Å². The molecule has 348 valence electrons. The number of hydrogen-bond acceptors (Lipinski definition) is 13. The van der Waals surface area contributed by atoms with Crippen molar-refractivity contribution >= 4 is 64.0 Å². The highest BCUT2D eigenvalue weighted by Gasteiger charge is 2.25. The summed E-state index contributed by atoms with van der Waals surface area (Å²) in [4.78, 5) is 46.9. The number of ether oxygens (including phenoxy) is 1. The molecule has 6 aromatic heterocycles. The molecule has 8 rings (SSSR count). The lowest BCUT2D eigenvalue weighted by Crippen LogP contribution is -2.44. The third-order valence-electron chi connectivity index (χ3n) is 11.0. The van der Waals surface area contributed by atoms with Gasteiger partial charge in [-0.15, -0.1) is 0 Å². The second-order valence-electron chi connectivity index (χ2n) is 17.2. The van der Waals surface area contributed by atoms with Crippen molar-refractivity contribution < 1.29 is 43.5 Å². The maximum Gasteiger partial charge on any atom is 0.255 e. The standard InChI is InChI=1S/C25H33FN6O4Si.C19H19FN6O3/c1-15(34)20(13-33)29-25(35)18-12-32(14-36-8-9-37(3,4)5)24-23(18)28-19(11-27-24)22-17-7-6-16(26)10-21(17)31(2)30-22;1-9(28)14(8-27)24-19(29)12-6-21-18-17(12)23-13(7-22-18)16-11-4-3-10(20)5-15(11)26(2)25-16/h6-7,10-12,15,20,33-34H,8-9,13-14H2,1-5H3,(H,29,35);3-7,9,14,27-28H,8H2,1-2H3,(H,21,22)(H,24,29)/t15-,20-;9-,14-/m11/s1. The Labute approximate surface area is 377 Å². The molecule has 0 bridgehead atoms. The number of aliphatic hydroxyl groups excluding tert-OH is 4. The molecule has 2 amide bonds. The first-order valence-corrected chi connectivity index (χ1v) is 24.8. The lowest BCUT2D eigenvalue weighted by molar-refractivity contribution is 0.0755. The Kier molecular flexibility index (Phi) is 14.0. The molecule has 0 aliphatic heterocycles. The molecular weight excluding hydrogens is 875 g/mol. The highest BCUT2D eigenvalue weighted by Crippen LogP contribution is 2.30. The van der Waals surface area contributed by atoms with Gasteiger partial charge >= 0.3 is 0 Å². The molecule has 0 fully saturated rings. The van der Waals surface area contributed by atoms with Crippen LogP contribution in [0, 0.1) is 11.6 Å². The number of carbonyl (C=O) groups excluding carboxylic acids is 2. The monoisotopic (exact) mass is 926 g/mol. The molecule has 0 saturated carbocycles. The fourth-order valence-corrected chi connectivity index (χ4v) is 7.88. The van der Waals surface area contributed by atoms with E-state index in [0.717, 1.165) is 6.04 Å². The fraction of sp³-hybridized carbons (Fsp3) is 0.364. The van der Waals surface area contributed by atoms with E-state index in [9.17, 15) is 38.8 Å². The average Bonchev–Trinajstić information content (AvgIpc) is 4.04. The van der Waals surface area contributed by atoms with Gasteiger partial charge in [0, 0.05) is 51.9 Å². The maximum absolute atomic E-state index is 13.8. The molecule has 0 spiro atoms. The number of H-pyrrole nitrogens is 1. The van der Waals surface area contributed by atoms with Crippen LogP contribution in [0.5, 0.6) is 0 Å². The minimum atomic E-state index is -1.27. The second kappa shape index (κ2) is 19.5. The summed E-state index contributed by atoms with van der Waals surface area (Å²) in [6, 6.07) is 8.10. The van der Waals surface area contributed by atoms with Crippen molar-refractivity contribution in [2.45, 2.75) is 70.6 Å². The molecule has 7 N–H and O–H groups in total. The van der Waals surface area contributed by atoms with Crippen LogP contribution >= 0.6 is 0 Å². The van der Waals surface area contributed by atoms with Crippen LogP contribution in [0.25, 0.3) is 66.9 Å². The number of amides is 2. The Morgan fingerprint density at radius 1 is 0.788 bits per heavy atom. The van der Waals surface area contributed by atoms with Gasteiger partial charge in [-0.25, -0.2) is 28.7 Å². The van der Waals surface area contributed by atoms with E-state index in [0.29, 0.717) is 73.5 Å². The van der Waals surface area contributed by atoms with Crippen LogP contribution in [-0.2, 0) is 25.6 Å². The van der Waals surface area contributed by atoms with Crippen molar-refractivity contribution in [2.75, 3.05) is 19.8 Å². The van der Waals surface area contributed by atoms with Crippen molar-refractivity contribution in [3.8, 4) is 22.8 Å². The van der Waals surface area contributed by atoms with Gasteiger partial charge in [-0.05, 0) is 56.3 Å². The van der Waals surface area contributed by atoms with Gasteiger partial charge in [0.2, 0.25) is 0 Å². The molecule has 66 heavy (non-hydrogen) atoms. The van der Waals surface area contributed by atoms with Crippen LogP contribution in [0.2, 0.25) is 25.7 Å². The minimum absolute atomic E-state index is 0.188. The van der Waals surface area contributed by atoms with Crippen LogP contribution in [-0.4, -0.2) is 133 Å². The van der Waals surface area contributed by atoms with Crippen LogP contribution in [0.3, 0.4) is 0 Å². The SMILES string of the molecule is C[C@@H](O)[C@@H](CO)NC(=O)c1c[nH]c2ncc(-c3nn(C)c4cc(F)ccc34)nc12.C[C@@H](O)[C@@H](CO)NC(=O)c1cn(COCC[Si](C)(C)C)c2ncc(-c3nn(C)c4cc(F)ccc34)nc12. The number of fused-ring (bicyclic) bond motifs is 4. The van der Waals surface area contributed by atoms with Crippen molar-refractivity contribution in [1.82, 2.24) is 59.7 Å². The molecular formula is C44H52F2N12O7Si. The van der Waals surface area contributed by atoms with Gasteiger partial charge in [0.15, 0.2) is 11.3 Å². The lowest BCUT2D eigenvalue weighted by Gasteiger charge is -2.18. The van der Waals surface area contributed by atoms with Crippen molar-refractivity contribution in [2.24, 2.45) is 14.1 Å². The molecule has 0 saturated heterocycles. The summed E-state index contributed by atoms with van der Waals surface area (Å²) < 4.78 is 38.1. The number of aromatic amines is 1. The number of aliphatic hydroxyl groups is 4. The summed E-state index contributed by atoms with van der Waals surface area (Å²) in [5.74, 6) is -1.75. The van der Waals surface area contributed by atoms with Crippen molar-refractivity contribution in [3.05, 3.63) is 83.9 Å². The van der Waals surface area contributed by atoms with Gasteiger partial charge in [0.05, 0.1) is 72.1 Å². The first kappa shape index (κ1) is 47.4. The summed E-state index contributed by atoms with van der Waals surface area (Å²) >= 11 is 0. The summed E-state index contributed by atoms with van der Waals surface area (Å²) in [7, 11) is 2.15. The smallest absolute Gasteiger partial charge is 0.255 e. The molecule has 6 heterocycles. The van der Waals surface area contributed by atoms with E-state index in [1.165, 1.54) is 50.5 Å². The Hall–Kier alpha value is -6.56. The van der Waals surface area contributed by atoms with Crippen LogP contribution in [0.15, 0.2) is 61.2 Å². The Bertz CT molecular complexity index is 3050. The number of hydrogen-bond donors (Lipinski definition) is 7. The zero-order valence-corrected chi connectivity index (χ0v) is 38.4. The summed E-state index contributed by atoms with van der Waals surface area (Å²) in [5, 5.41) is 54.0. The normalized spacial score (nSPS) is 13.8. The molecule has 4 atom stereocenters. The third kappa shape index (κ3) is 10.1. The Morgan fingerprint density at radius 2 is 1.30 bits per heavy atom. The van der Waals surface area contributed by atoms with Gasteiger partial charge in [-0.3, -0.25) is 19.0 Å². The zero-order chi connectivity index (χ0) is 47.6. The topological polar surface area (TPSA) is 256 Å². The molecule has 0 aliphatic carbocycles. The average molecular weight is 927 g/mol. The van der Waals surface area contributed by atoms with E-state index in [2.05, 4.69) is 60.4 Å². The highest BCUT2D eigenvalue weighted by molar-refractivity contribution is 6.76. The summed E-state index contributed by atoms with van der Waals surface area (Å²) in [6.45, 7) is 9.73. The minimum Gasteiger partial charge on any atom is -0.394 e. The number of carbonyl (C=O) groups is 2. The summed E-state index contributed by atoms with van der Waals surface area (Å²) in [5.41, 5.74) is 5.04. The summed E-state index contributed by atoms with van der Waals surface area (Å²) in [6.07, 6.45) is 4.30. The molecule has 0 unspecified atom stereocenters. The van der Waals surface area contributed by atoms with Crippen LogP contribution in [0.1, 0.15) is 34.6 Å². The van der Waals surface area contributed by atoms with E-state index >= 15 is 0 Å². The number of benzene rings is 2. The predicted molar refractivity (Wildman–Crippen MR) is 245 cm³/mol. The largest absolute Gasteiger partial charge is 0.394 e. The first-order chi connectivity index (χ1) is 31.4. The fourth-order valence-electron chi connectivity index (χ4n) is 7.12. The number of halogens is 2. The number of aromatic nitrogens is 10. The van der Waals surface area contributed by atoms with Crippen LogP contribution in [0.4, 0.5) is 8.78 Å². The van der Waals surface area contributed by atoms with E-state index in [4.69, 9.17) is 9.72 Å². The Morgan fingerprint density at radius 3 is 1.82 bits per heavy atom. The van der Waals surface area contributed by atoms with Crippen LogP contribution < -0.4 is 10.6 Å². The van der Waals surface area contributed by atoms with E-state index in [-0.39, 0.29) is 29.5 Å². The van der Waals surface area contributed by atoms with Gasteiger partial charge in [-0.1, -0.05) is 19.6 Å². The molecule has 19 nitrogen and oxygen atoms in total. The first-order valence-electron chi connectivity index (χ1n) is 21.1. The highest BCUT2D eigenvalue weighted by atomic mass is 28.3. The predicted octanol–water partition coefficient (Wildman–Crippen LogP) is 4.03. The maximum atomic E-state index is 13.8.